The predicted octanol–water partition coefficient (Wildman–Crippen LogP) is 2.81. The van der Waals surface area contributed by atoms with Crippen LogP contribution in [0.25, 0.3) is 0 Å². The summed E-state index contributed by atoms with van der Waals surface area (Å²) in [6, 6.07) is 6.28. The molecule has 1 aromatic rings. The van der Waals surface area contributed by atoms with Crippen LogP contribution in [-0.2, 0) is 14.3 Å². The largest absolute Gasteiger partial charge is 0.493 e. The van der Waals surface area contributed by atoms with Crippen molar-refractivity contribution in [3.63, 3.8) is 0 Å². The first kappa shape index (κ1) is 18.3. The maximum atomic E-state index is 11.9. The molecule has 0 spiro atoms. The van der Waals surface area contributed by atoms with Crippen molar-refractivity contribution in [1.82, 2.24) is 5.32 Å². The molecule has 0 aliphatic rings. The zero-order chi connectivity index (χ0) is 16.5. The Morgan fingerprint density at radius 3 is 2.41 bits per heavy atom. The van der Waals surface area contributed by atoms with Crippen LogP contribution < -0.4 is 10.1 Å². The number of amides is 1. The van der Waals surface area contributed by atoms with E-state index in [4.69, 9.17) is 21.1 Å². The van der Waals surface area contributed by atoms with E-state index in [2.05, 4.69) is 5.32 Å². The van der Waals surface area contributed by atoms with E-state index < -0.39 is 12.0 Å². The van der Waals surface area contributed by atoms with Crippen LogP contribution in [0.15, 0.2) is 24.3 Å². The highest BCUT2D eigenvalue weighted by molar-refractivity contribution is 6.30. The molecule has 0 radical (unpaired) electrons. The number of carbonyl (C=O) groups is 2. The Bertz CT molecular complexity index is 487. The van der Waals surface area contributed by atoms with Crippen LogP contribution in [0.1, 0.15) is 26.7 Å². The Kier molecular flexibility index (Phi) is 7.74. The minimum atomic E-state index is -0.618. The minimum absolute atomic E-state index is 0.161. The van der Waals surface area contributed by atoms with Crippen molar-refractivity contribution in [1.29, 1.82) is 0 Å². The molecule has 1 unspecified atom stereocenters. The number of nitrogens with one attached hydrogen (secondary N) is 1. The number of hydrogen-bond donors (Lipinski definition) is 1. The first-order chi connectivity index (χ1) is 10.4. The molecule has 0 fully saturated rings. The molecule has 1 rings (SSSR count). The van der Waals surface area contributed by atoms with Crippen molar-refractivity contribution in [2.24, 2.45) is 5.92 Å². The summed E-state index contributed by atoms with van der Waals surface area (Å²) < 4.78 is 10.1. The van der Waals surface area contributed by atoms with Crippen LogP contribution in [0, 0.1) is 5.92 Å². The van der Waals surface area contributed by atoms with Gasteiger partial charge < -0.3 is 14.8 Å². The summed E-state index contributed by atoms with van der Waals surface area (Å²) in [5, 5.41) is 3.30. The maximum Gasteiger partial charge on any atom is 0.328 e. The SMILES string of the molecule is COC(=O)C(CC(C)C)NC(=O)CCOc1ccc(Cl)cc1. The van der Waals surface area contributed by atoms with E-state index in [1.54, 1.807) is 24.3 Å². The lowest BCUT2D eigenvalue weighted by molar-refractivity contribution is -0.145. The van der Waals surface area contributed by atoms with Gasteiger partial charge in [0, 0.05) is 5.02 Å². The molecule has 22 heavy (non-hydrogen) atoms. The van der Waals surface area contributed by atoms with Gasteiger partial charge in [0.2, 0.25) is 5.91 Å². The van der Waals surface area contributed by atoms with Crippen LogP contribution in [0.2, 0.25) is 5.02 Å². The Balaban J connectivity index is 2.39. The molecular formula is C16H22ClNO4. The predicted molar refractivity (Wildman–Crippen MR) is 85.0 cm³/mol. The van der Waals surface area contributed by atoms with E-state index in [1.165, 1.54) is 7.11 Å². The third kappa shape index (κ3) is 6.80. The number of benzene rings is 1. The van der Waals surface area contributed by atoms with Gasteiger partial charge in [0.1, 0.15) is 11.8 Å². The first-order valence-corrected chi connectivity index (χ1v) is 7.55. The Hall–Kier alpha value is -1.75. The van der Waals surface area contributed by atoms with Gasteiger partial charge in [-0.05, 0) is 36.6 Å². The highest BCUT2D eigenvalue weighted by Gasteiger charge is 2.22. The summed E-state index contributed by atoms with van der Waals surface area (Å²) >= 11 is 5.77. The van der Waals surface area contributed by atoms with Crippen LogP contribution in [0.3, 0.4) is 0 Å². The summed E-state index contributed by atoms with van der Waals surface area (Å²) in [4.78, 5) is 23.5. The van der Waals surface area contributed by atoms with Gasteiger partial charge >= 0.3 is 5.97 Å². The smallest absolute Gasteiger partial charge is 0.328 e. The van der Waals surface area contributed by atoms with Gasteiger partial charge in [0.25, 0.3) is 0 Å². The lowest BCUT2D eigenvalue weighted by atomic mass is 10.0. The molecule has 0 saturated carbocycles. The third-order valence-corrected chi connectivity index (χ3v) is 3.19. The van der Waals surface area contributed by atoms with Crippen molar-refractivity contribution in [2.75, 3.05) is 13.7 Å². The van der Waals surface area contributed by atoms with Gasteiger partial charge in [0.15, 0.2) is 0 Å². The number of ether oxygens (including phenoxy) is 2. The fourth-order valence-corrected chi connectivity index (χ4v) is 2.01. The van der Waals surface area contributed by atoms with Gasteiger partial charge in [-0.2, -0.15) is 0 Å². The first-order valence-electron chi connectivity index (χ1n) is 7.18. The zero-order valence-corrected chi connectivity index (χ0v) is 13.9. The van der Waals surface area contributed by atoms with Gasteiger partial charge in [-0.3, -0.25) is 4.79 Å². The van der Waals surface area contributed by atoms with Crippen molar-refractivity contribution >= 4 is 23.5 Å². The number of carbonyl (C=O) groups excluding carboxylic acids is 2. The van der Waals surface area contributed by atoms with E-state index in [0.29, 0.717) is 17.2 Å². The monoisotopic (exact) mass is 327 g/mol. The fourth-order valence-electron chi connectivity index (χ4n) is 1.89. The average Bonchev–Trinajstić information content (AvgIpc) is 2.47. The normalized spacial score (nSPS) is 11.9. The molecule has 1 N–H and O–H groups in total. The van der Waals surface area contributed by atoms with E-state index in [-0.39, 0.29) is 24.9 Å². The molecule has 5 nitrogen and oxygen atoms in total. The van der Waals surface area contributed by atoms with Gasteiger partial charge in [-0.1, -0.05) is 25.4 Å². The van der Waals surface area contributed by atoms with Crippen LogP contribution in [0.4, 0.5) is 0 Å². The topological polar surface area (TPSA) is 64.6 Å². The molecule has 0 bridgehead atoms. The minimum Gasteiger partial charge on any atom is -0.493 e. The van der Waals surface area contributed by atoms with E-state index in [9.17, 15) is 9.59 Å². The summed E-state index contributed by atoms with van der Waals surface area (Å²) in [5.41, 5.74) is 0. The Morgan fingerprint density at radius 1 is 1.23 bits per heavy atom. The standard InChI is InChI=1S/C16H22ClNO4/c1-11(2)10-14(16(20)21-3)18-15(19)8-9-22-13-6-4-12(17)5-7-13/h4-7,11,14H,8-10H2,1-3H3,(H,18,19). The molecule has 0 heterocycles. The van der Waals surface area contributed by atoms with Gasteiger partial charge in [-0.25, -0.2) is 4.79 Å². The number of halogens is 1. The molecule has 0 saturated heterocycles. The molecule has 0 aliphatic heterocycles. The number of methoxy groups -OCH3 is 1. The van der Waals surface area contributed by atoms with Crippen LogP contribution in [-0.4, -0.2) is 31.6 Å². The molecule has 6 heteroatoms. The van der Waals surface area contributed by atoms with Crippen LogP contribution in [0.5, 0.6) is 5.75 Å². The third-order valence-electron chi connectivity index (χ3n) is 2.94. The molecule has 122 valence electrons. The Labute approximate surface area is 135 Å². The second-order valence-electron chi connectivity index (χ2n) is 5.33. The average molecular weight is 328 g/mol. The van der Waals surface area contributed by atoms with E-state index in [0.717, 1.165) is 0 Å². The lowest BCUT2D eigenvalue weighted by Gasteiger charge is -2.18. The molecule has 1 amide bonds. The molecule has 1 atom stereocenters. The highest BCUT2D eigenvalue weighted by atomic mass is 35.5. The molecule has 0 aromatic heterocycles. The number of rotatable bonds is 8. The second-order valence-corrected chi connectivity index (χ2v) is 5.76. The van der Waals surface area contributed by atoms with Crippen molar-refractivity contribution in [2.45, 2.75) is 32.7 Å². The van der Waals surface area contributed by atoms with Gasteiger partial charge in [0.05, 0.1) is 20.1 Å². The summed E-state index contributed by atoms with van der Waals surface area (Å²) in [6.07, 6.45) is 0.699. The fraction of sp³-hybridized carbons (Fsp3) is 0.500. The van der Waals surface area contributed by atoms with Crippen molar-refractivity contribution < 1.29 is 19.1 Å². The summed E-state index contributed by atoms with van der Waals surface area (Å²) in [6.45, 7) is 4.18. The quantitative estimate of drug-likeness (QED) is 0.746. The summed E-state index contributed by atoms with van der Waals surface area (Å²) in [5.74, 6) is 0.240. The van der Waals surface area contributed by atoms with E-state index >= 15 is 0 Å². The number of hydrogen-bond acceptors (Lipinski definition) is 4. The molecular weight excluding hydrogens is 306 g/mol. The summed E-state index contributed by atoms with van der Waals surface area (Å²) in [7, 11) is 1.31. The van der Waals surface area contributed by atoms with Gasteiger partial charge in [-0.15, -0.1) is 0 Å². The second kappa shape index (κ2) is 9.30. The lowest BCUT2D eigenvalue weighted by Crippen LogP contribution is -2.42. The van der Waals surface area contributed by atoms with Crippen molar-refractivity contribution in [3.05, 3.63) is 29.3 Å². The molecule has 0 aliphatic carbocycles. The highest BCUT2D eigenvalue weighted by Crippen LogP contribution is 2.15. The van der Waals surface area contributed by atoms with Crippen LogP contribution >= 0.6 is 11.6 Å². The Morgan fingerprint density at radius 2 is 1.86 bits per heavy atom. The molecule has 1 aromatic carbocycles. The maximum absolute atomic E-state index is 11.9. The van der Waals surface area contributed by atoms with E-state index in [1.807, 2.05) is 13.8 Å². The van der Waals surface area contributed by atoms with Crippen molar-refractivity contribution in [3.8, 4) is 5.75 Å². The number of esters is 1. The zero-order valence-electron chi connectivity index (χ0n) is 13.1.